The lowest BCUT2D eigenvalue weighted by Gasteiger charge is -2.20. The number of benzene rings is 2. The van der Waals surface area contributed by atoms with Crippen LogP contribution in [0.3, 0.4) is 0 Å². The van der Waals surface area contributed by atoms with Crippen LogP contribution < -0.4 is 10.2 Å². The second kappa shape index (κ2) is 8.41. The van der Waals surface area contributed by atoms with E-state index >= 15 is 0 Å². The monoisotopic (exact) mass is 464 g/mol. The number of nitrogens with one attached hydrogen (secondary N) is 1. The minimum absolute atomic E-state index is 0.162. The predicted octanol–water partition coefficient (Wildman–Crippen LogP) is 6.89. The number of hydrogen-bond donors (Lipinski definition) is 1. The number of aromatic nitrogens is 2. The quantitative estimate of drug-likeness (QED) is 0.446. The molecule has 1 aromatic heterocycles. The Hall–Kier alpha value is -2.61. The second-order valence-electron chi connectivity index (χ2n) is 6.87. The molecule has 0 aliphatic carbocycles. The third-order valence-corrected chi connectivity index (χ3v) is 4.96. The molecule has 0 bridgehead atoms. The van der Waals surface area contributed by atoms with Crippen LogP contribution >= 0.6 is 15.9 Å². The number of hydrogen-bond acceptors (Lipinski definition) is 4. The van der Waals surface area contributed by atoms with Gasteiger partial charge in [0, 0.05) is 29.1 Å². The van der Waals surface area contributed by atoms with Gasteiger partial charge in [0.1, 0.15) is 11.4 Å². The molecular weight excluding hydrogens is 445 g/mol. The zero-order chi connectivity index (χ0) is 21.2. The van der Waals surface area contributed by atoms with Gasteiger partial charge in [-0.3, -0.25) is 0 Å². The SMILES string of the molecule is CC(C)c1ccc(N(C)c2ncc(C(F)(F)F)c(Nc3ccc(Br)cc3)n2)cc1. The van der Waals surface area contributed by atoms with Crippen LogP contribution in [0.15, 0.2) is 59.2 Å². The molecule has 0 saturated heterocycles. The first kappa shape index (κ1) is 21.1. The standard InChI is InChI=1S/C21H20BrF3N4/c1-13(2)14-4-10-17(11-5-14)29(3)20-26-12-18(21(23,24)25)19(28-20)27-16-8-6-15(22)7-9-16/h4-13H,1-3H3,(H,26,27,28). The zero-order valence-electron chi connectivity index (χ0n) is 16.1. The first-order chi connectivity index (χ1) is 13.6. The van der Waals surface area contributed by atoms with Crippen LogP contribution in [0.1, 0.15) is 30.9 Å². The van der Waals surface area contributed by atoms with Gasteiger partial charge in [0.25, 0.3) is 0 Å². The topological polar surface area (TPSA) is 41.1 Å². The van der Waals surface area contributed by atoms with Gasteiger partial charge in [-0.05, 0) is 47.9 Å². The van der Waals surface area contributed by atoms with Gasteiger partial charge in [-0.25, -0.2) is 4.98 Å². The van der Waals surface area contributed by atoms with E-state index in [1.54, 1.807) is 36.2 Å². The van der Waals surface area contributed by atoms with Crippen LogP contribution in [0.25, 0.3) is 0 Å². The summed E-state index contributed by atoms with van der Waals surface area (Å²) in [7, 11) is 1.72. The Morgan fingerprint density at radius 1 is 1.00 bits per heavy atom. The molecule has 0 aliphatic heterocycles. The van der Waals surface area contributed by atoms with Gasteiger partial charge in [-0.1, -0.05) is 41.9 Å². The molecule has 0 spiro atoms. The molecule has 29 heavy (non-hydrogen) atoms. The lowest BCUT2D eigenvalue weighted by Crippen LogP contribution is -2.17. The molecule has 3 rings (SSSR count). The minimum atomic E-state index is -4.58. The van der Waals surface area contributed by atoms with E-state index in [0.717, 1.165) is 16.4 Å². The maximum absolute atomic E-state index is 13.4. The van der Waals surface area contributed by atoms with E-state index in [-0.39, 0.29) is 11.8 Å². The van der Waals surface area contributed by atoms with Gasteiger partial charge in [-0.2, -0.15) is 18.2 Å². The van der Waals surface area contributed by atoms with Crippen molar-refractivity contribution in [3.05, 3.63) is 70.3 Å². The highest BCUT2D eigenvalue weighted by Gasteiger charge is 2.35. The highest BCUT2D eigenvalue weighted by atomic mass is 79.9. The van der Waals surface area contributed by atoms with Crippen LogP contribution in [0.4, 0.5) is 36.3 Å². The summed E-state index contributed by atoms with van der Waals surface area (Å²) in [6.07, 6.45) is -3.77. The smallest absolute Gasteiger partial charge is 0.340 e. The fourth-order valence-corrected chi connectivity index (χ4v) is 2.97. The summed E-state index contributed by atoms with van der Waals surface area (Å²) >= 11 is 3.31. The molecule has 0 aliphatic rings. The average Bonchev–Trinajstić information content (AvgIpc) is 2.68. The van der Waals surface area contributed by atoms with Crippen molar-refractivity contribution in [2.45, 2.75) is 25.9 Å². The van der Waals surface area contributed by atoms with Crippen molar-refractivity contribution in [1.29, 1.82) is 0 Å². The van der Waals surface area contributed by atoms with Gasteiger partial charge >= 0.3 is 6.18 Å². The maximum atomic E-state index is 13.4. The van der Waals surface area contributed by atoms with Gasteiger partial charge in [0.2, 0.25) is 5.95 Å². The van der Waals surface area contributed by atoms with Crippen LogP contribution in [-0.4, -0.2) is 17.0 Å². The Morgan fingerprint density at radius 3 is 2.17 bits per heavy atom. The van der Waals surface area contributed by atoms with Crippen molar-refractivity contribution in [2.24, 2.45) is 0 Å². The van der Waals surface area contributed by atoms with Crippen LogP contribution in [0, 0.1) is 0 Å². The summed E-state index contributed by atoms with van der Waals surface area (Å²) in [6.45, 7) is 4.19. The number of nitrogens with zero attached hydrogens (tertiary/aromatic N) is 3. The third kappa shape index (κ3) is 5.06. The Balaban J connectivity index is 1.96. The zero-order valence-corrected chi connectivity index (χ0v) is 17.7. The highest BCUT2D eigenvalue weighted by molar-refractivity contribution is 9.10. The summed E-state index contributed by atoms with van der Waals surface area (Å²) in [5.74, 6) is 0.253. The Bertz CT molecular complexity index is 971. The van der Waals surface area contributed by atoms with Gasteiger partial charge in [0.15, 0.2) is 0 Å². The summed E-state index contributed by atoms with van der Waals surface area (Å²) in [6, 6.07) is 14.6. The van der Waals surface area contributed by atoms with E-state index < -0.39 is 11.7 Å². The lowest BCUT2D eigenvalue weighted by atomic mass is 10.0. The molecule has 0 atom stereocenters. The lowest BCUT2D eigenvalue weighted by molar-refractivity contribution is -0.137. The van der Waals surface area contributed by atoms with Crippen LogP contribution in [0.2, 0.25) is 0 Å². The Labute approximate surface area is 175 Å². The van der Waals surface area contributed by atoms with E-state index in [1.807, 2.05) is 24.3 Å². The maximum Gasteiger partial charge on any atom is 0.421 e. The molecule has 0 radical (unpaired) electrons. The molecule has 0 fully saturated rings. The molecule has 8 heteroatoms. The van der Waals surface area contributed by atoms with Crippen molar-refractivity contribution in [3.63, 3.8) is 0 Å². The van der Waals surface area contributed by atoms with Gasteiger partial charge in [0.05, 0.1) is 0 Å². The largest absolute Gasteiger partial charge is 0.421 e. The Morgan fingerprint density at radius 2 is 1.62 bits per heavy atom. The van der Waals surface area contributed by atoms with Gasteiger partial charge < -0.3 is 10.2 Å². The highest BCUT2D eigenvalue weighted by Crippen LogP contribution is 2.36. The molecule has 2 aromatic carbocycles. The van der Waals surface area contributed by atoms with E-state index in [0.29, 0.717) is 11.6 Å². The summed E-state index contributed by atoms with van der Waals surface area (Å²) in [4.78, 5) is 9.76. The Kier molecular flexibility index (Phi) is 6.12. The molecule has 152 valence electrons. The molecular formula is C21H20BrF3N4. The van der Waals surface area contributed by atoms with Crippen molar-refractivity contribution >= 4 is 39.1 Å². The van der Waals surface area contributed by atoms with E-state index in [9.17, 15) is 13.2 Å². The molecule has 1 N–H and O–H groups in total. The van der Waals surface area contributed by atoms with E-state index in [2.05, 4.69) is 45.1 Å². The number of rotatable bonds is 5. The first-order valence-electron chi connectivity index (χ1n) is 8.95. The van der Waals surface area contributed by atoms with Gasteiger partial charge in [-0.15, -0.1) is 0 Å². The summed E-state index contributed by atoms with van der Waals surface area (Å²) in [5.41, 5.74) is 1.52. The van der Waals surface area contributed by atoms with Crippen LogP contribution in [-0.2, 0) is 6.18 Å². The molecule has 4 nitrogen and oxygen atoms in total. The first-order valence-corrected chi connectivity index (χ1v) is 9.75. The fourth-order valence-electron chi connectivity index (χ4n) is 2.71. The van der Waals surface area contributed by atoms with Crippen molar-refractivity contribution in [1.82, 2.24) is 9.97 Å². The third-order valence-electron chi connectivity index (χ3n) is 4.44. The molecule has 1 heterocycles. The number of alkyl halides is 3. The summed E-state index contributed by atoms with van der Waals surface area (Å²) < 4.78 is 41.2. The summed E-state index contributed by atoms with van der Waals surface area (Å²) in [5, 5.41) is 2.76. The van der Waals surface area contributed by atoms with Crippen molar-refractivity contribution in [3.8, 4) is 0 Å². The molecule has 0 amide bonds. The number of anilines is 4. The van der Waals surface area contributed by atoms with Crippen molar-refractivity contribution < 1.29 is 13.2 Å². The fraction of sp³-hybridized carbons (Fsp3) is 0.238. The molecule has 3 aromatic rings. The predicted molar refractivity (Wildman–Crippen MR) is 113 cm³/mol. The number of halogens is 4. The minimum Gasteiger partial charge on any atom is -0.340 e. The average molecular weight is 465 g/mol. The van der Waals surface area contributed by atoms with E-state index in [4.69, 9.17) is 0 Å². The molecule has 0 unspecified atom stereocenters. The van der Waals surface area contributed by atoms with Crippen LogP contribution in [0.5, 0.6) is 0 Å². The second-order valence-corrected chi connectivity index (χ2v) is 7.78. The van der Waals surface area contributed by atoms with Crippen molar-refractivity contribution in [2.75, 3.05) is 17.3 Å². The van der Waals surface area contributed by atoms with E-state index in [1.165, 1.54) is 5.56 Å². The normalized spacial score (nSPS) is 11.6. The molecule has 0 saturated carbocycles.